The van der Waals surface area contributed by atoms with Crippen molar-refractivity contribution in [2.75, 3.05) is 18.0 Å². The molecule has 0 bridgehead atoms. The number of pyridine rings is 2. The topological polar surface area (TPSA) is 112 Å². The quantitative estimate of drug-likeness (QED) is 0.480. The highest BCUT2D eigenvalue weighted by atomic mass is 15.2. The Balaban J connectivity index is 1.47. The van der Waals surface area contributed by atoms with Crippen LogP contribution in [0.25, 0.3) is 44.7 Å². The molecular weight excluding hydrogens is 378 g/mol. The SMILES string of the molecule is c1ncc(-c2cc3c(-c4nc5c(N6CCCCC6)cncc5[nH]4)n[nH]c3cn2)cn1. The van der Waals surface area contributed by atoms with Crippen LogP contribution in [0.4, 0.5) is 5.69 Å². The molecule has 5 aromatic rings. The molecule has 6 heterocycles. The third-order valence-corrected chi connectivity index (χ3v) is 5.60. The highest BCUT2D eigenvalue weighted by Gasteiger charge is 2.19. The fourth-order valence-corrected chi connectivity index (χ4v) is 4.08. The van der Waals surface area contributed by atoms with Crippen molar-refractivity contribution in [1.82, 2.24) is 40.1 Å². The van der Waals surface area contributed by atoms with E-state index in [0.717, 1.165) is 57.7 Å². The second kappa shape index (κ2) is 6.87. The van der Waals surface area contributed by atoms with Gasteiger partial charge in [0.05, 0.1) is 41.0 Å². The largest absolute Gasteiger partial charge is 0.368 e. The Morgan fingerprint density at radius 3 is 2.60 bits per heavy atom. The molecule has 6 rings (SSSR count). The summed E-state index contributed by atoms with van der Waals surface area (Å²) < 4.78 is 0. The minimum atomic E-state index is 0.712. The number of H-pyrrole nitrogens is 2. The van der Waals surface area contributed by atoms with E-state index >= 15 is 0 Å². The second-order valence-electron chi connectivity index (χ2n) is 7.50. The maximum Gasteiger partial charge on any atom is 0.159 e. The summed E-state index contributed by atoms with van der Waals surface area (Å²) >= 11 is 0. The Hall–Kier alpha value is -3.88. The number of piperidine rings is 1. The van der Waals surface area contributed by atoms with E-state index in [1.165, 1.54) is 25.6 Å². The molecule has 5 aromatic heterocycles. The summed E-state index contributed by atoms with van der Waals surface area (Å²) in [6.07, 6.45) is 14.2. The zero-order chi connectivity index (χ0) is 19.9. The van der Waals surface area contributed by atoms with E-state index in [-0.39, 0.29) is 0 Å². The van der Waals surface area contributed by atoms with Crippen LogP contribution in [0.3, 0.4) is 0 Å². The van der Waals surface area contributed by atoms with Gasteiger partial charge in [-0.15, -0.1) is 0 Å². The van der Waals surface area contributed by atoms with Crippen molar-refractivity contribution in [2.45, 2.75) is 19.3 Å². The van der Waals surface area contributed by atoms with Crippen LogP contribution < -0.4 is 4.90 Å². The molecule has 1 fully saturated rings. The van der Waals surface area contributed by atoms with Gasteiger partial charge in [-0.1, -0.05) is 0 Å². The van der Waals surface area contributed by atoms with Crippen LogP contribution in [0, 0.1) is 0 Å². The molecule has 0 spiro atoms. The summed E-state index contributed by atoms with van der Waals surface area (Å²) in [5.74, 6) is 0.712. The first-order valence-electron chi connectivity index (χ1n) is 10.1. The van der Waals surface area contributed by atoms with E-state index < -0.39 is 0 Å². The summed E-state index contributed by atoms with van der Waals surface area (Å²) in [5.41, 5.74) is 6.18. The maximum atomic E-state index is 4.92. The lowest BCUT2D eigenvalue weighted by Gasteiger charge is -2.28. The molecule has 0 aliphatic carbocycles. The molecule has 9 nitrogen and oxygen atoms in total. The minimum Gasteiger partial charge on any atom is -0.368 e. The van der Waals surface area contributed by atoms with Gasteiger partial charge in [0.25, 0.3) is 0 Å². The van der Waals surface area contributed by atoms with E-state index in [2.05, 4.69) is 40.0 Å². The van der Waals surface area contributed by atoms with Crippen LogP contribution in [0.1, 0.15) is 19.3 Å². The molecule has 0 radical (unpaired) electrons. The van der Waals surface area contributed by atoms with E-state index in [4.69, 9.17) is 4.98 Å². The van der Waals surface area contributed by atoms with Gasteiger partial charge in [-0.3, -0.25) is 15.1 Å². The average molecular weight is 397 g/mol. The van der Waals surface area contributed by atoms with Gasteiger partial charge in [0.15, 0.2) is 5.82 Å². The number of aromatic nitrogens is 8. The molecule has 2 N–H and O–H groups in total. The fourth-order valence-electron chi connectivity index (χ4n) is 4.08. The van der Waals surface area contributed by atoms with Crippen LogP contribution in [0.2, 0.25) is 0 Å². The maximum absolute atomic E-state index is 4.92. The monoisotopic (exact) mass is 397 g/mol. The molecule has 1 aliphatic rings. The Morgan fingerprint density at radius 2 is 1.73 bits per heavy atom. The Morgan fingerprint density at radius 1 is 0.867 bits per heavy atom. The number of nitrogens with zero attached hydrogens (tertiary/aromatic N) is 7. The fraction of sp³-hybridized carbons (Fsp3) is 0.238. The van der Waals surface area contributed by atoms with Crippen LogP contribution in [0.15, 0.2) is 43.4 Å². The van der Waals surface area contributed by atoms with Crippen molar-refractivity contribution in [3.05, 3.63) is 43.4 Å². The molecule has 1 aliphatic heterocycles. The first-order chi connectivity index (χ1) is 14.9. The van der Waals surface area contributed by atoms with Gasteiger partial charge in [0, 0.05) is 36.4 Å². The van der Waals surface area contributed by atoms with Crippen molar-refractivity contribution < 1.29 is 0 Å². The summed E-state index contributed by atoms with van der Waals surface area (Å²) in [6, 6.07) is 1.99. The first kappa shape index (κ1) is 17.0. The molecule has 1 saturated heterocycles. The van der Waals surface area contributed by atoms with Crippen molar-refractivity contribution >= 4 is 27.6 Å². The number of hydrogen-bond acceptors (Lipinski definition) is 7. The van der Waals surface area contributed by atoms with Crippen LogP contribution >= 0.6 is 0 Å². The molecular formula is C21H19N9. The summed E-state index contributed by atoms with van der Waals surface area (Å²) in [5, 5.41) is 8.51. The lowest BCUT2D eigenvalue weighted by Crippen LogP contribution is -2.29. The zero-order valence-corrected chi connectivity index (χ0v) is 16.2. The standard InChI is InChI=1S/C21H19N9/c1-2-4-30(5-3-1)18-11-22-9-17-20(18)27-21(26-17)19-14-6-15(13-7-23-12-24-8-13)25-10-16(14)28-29-19/h6-12H,1-5H2,(H,26,27)(H,28,29). The molecule has 0 unspecified atom stereocenters. The molecule has 0 amide bonds. The number of anilines is 1. The lowest BCUT2D eigenvalue weighted by molar-refractivity contribution is 0.578. The number of fused-ring (bicyclic) bond motifs is 2. The highest BCUT2D eigenvalue weighted by molar-refractivity contribution is 5.96. The summed E-state index contributed by atoms with van der Waals surface area (Å²) in [7, 11) is 0. The third-order valence-electron chi connectivity index (χ3n) is 5.60. The van der Waals surface area contributed by atoms with E-state index in [0.29, 0.717) is 5.82 Å². The van der Waals surface area contributed by atoms with E-state index in [1.807, 2.05) is 18.5 Å². The Bertz CT molecular complexity index is 1330. The highest BCUT2D eigenvalue weighted by Crippen LogP contribution is 2.32. The van der Waals surface area contributed by atoms with Crippen LogP contribution in [-0.4, -0.2) is 53.2 Å². The van der Waals surface area contributed by atoms with Gasteiger partial charge >= 0.3 is 0 Å². The molecule has 30 heavy (non-hydrogen) atoms. The second-order valence-corrected chi connectivity index (χ2v) is 7.50. The Kier molecular flexibility index (Phi) is 3.90. The van der Waals surface area contributed by atoms with Gasteiger partial charge in [0.1, 0.15) is 17.5 Å². The smallest absolute Gasteiger partial charge is 0.159 e. The number of rotatable bonds is 3. The molecule has 0 aromatic carbocycles. The van der Waals surface area contributed by atoms with Gasteiger partial charge in [0.2, 0.25) is 0 Å². The Labute approximate surface area is 171 Å². The van der Waals surface area contributed by atoms with E-state index in [9.17, 15) is 0 Å². The van der Waals surface area contributed by atoms with E-state index in [1.54, 1.807) is 18.6 Å². The van der Waals surface area contributed by atoms with Gasteiger partial charge < -0.3 is 9.88 Å². The van der Waals surface area contributed by atoms with Crippen LogP contribution in [0.5, 0.6) is 0 Å². The van der Waals surface area contributed by atoms with Crippen molar-refractivity contribution in [1.29, 1.82) is 0 Å². The summed E-state index contributed by atoms with van der Waals surface area (Å²) in [4.78, 5) is 27.8. The van der Waals surface area contributed by atoms with Gasteiger partial charge in [-0.25, -0.2) is 15.0 Å². The summed E-state index contributed by atoms with van der Waals surface area (Å²) in [6.45, 7) is 2.09. The number of aromatic amines is 2. The molecule has 0 atom stereocenters. The minimum absolute atomic E-state index is 0.712. The number of imidazole rings is 1. The number of hydrogen-bond donors (Lipinski definition) is 2. The van der Waals surface area contributed by atoms with Gasteiger partial charge in [-0.2, -0.15) is 5.10 Å². The predicted molar refractivity (Wildman–Crippen MR) is 114 cm³/mol. The first-order valence-corrected chi connectivity index (χ1v) is 10.1. The molecule has 0 saturated carbocycles. The predicted octanol–water partition coefficient (Wildman–Crippen LogP) is 3.34. The lowest BCUT2D eigenvalue weighted by atomic mass is 10.1. The van der Waals surface area contributed by atoms with Crippen molar-refractivity contribution in [3.8, 4) is 22.8 Å². The van der Waals surface area contributed by atoms with Crippen molar-refractivity contribution in [3.63, 3.8) is 0 Å². The number of nitrogens with one attached hydrogen (secondary N) is 2. The molecule has 9 heteroatoms. The van der Waals surface area contributed by atoms with Crippen molar-refractivity contribution in [2.24, 2.45) is 0 Å². The normalized spacial score (nSPS) is 14.6. The van der Waals surface area contributed by atoms with Gasteiger partial charge in [-0.05, 0) is 25.3 Å². The van der Waals surface area contributed by atoms with Crippen LogP contribution in [-0.2, 0) is 0 Å². The average Bonchev–Trinajstić information content (AvgIpc) is 3.43. The third kappa shape index (κ3) is 2.78. The molecule has 148 valence electrons. The zero-order valence-electron chi connectivity index (χ0n) is 16.2.